The Kier molecular flexibility index (Phi) is 71.3. The molecule has 0 aliphatic carbocycles. The summed E-state index contributed by atoms with van der Waals surface area (Å²) in [6.45, 7) is 5.01. The van der Waals surface area contributed by atoms with Gasteiger partial charge in [-0.05, 0) is 25.7 Å². The molecule has 1 amide bonds. The lowest BCUT2D eigenvalue weighted by atomic mass is 10.0. The van der Waals surface area contributed by atoms with E-state index in [1.165, 1.54) is 379 Å². The molecule has 0 radical (unpaired) electrons. The van der Waals surface area contributed by atoms with Crippen molar-refractivity contribution in [3.05, 3.63) is 0 Å². The summed E-state index contributed by atoms with van der Waals surface area (Å²) in [6, 6.07) is -0.537. The molecule has 2 atom stereocenters. The number of ether oxygens (including phenoxy) is 1. The van der Waals surface area contributed by atoms with Crippen molar-refractivity contribution in [3.63, 3.8) is 0 Å². The second kappa shape index (κ2) is 72.3. The standard InChI is InChI=1S/C76H151NO5/c1-3-5-7-9-11-13-15-17-19-37-41-44-48-52-56-60-64-68-74(79)73(72-78)77-75(80)69-65-61-57-53-49-45-42-38-35-33-31-29-27-25-23-21-20-22-24-26-28-30-32-34-36-39-43-47-51-55-59-63-67-71-82-76(81)70-66-62-58-54-50-46-40-18-16-14-12-10-8-6-4-2/h73-74,78-79H,3-72H2,1-2H3,(H,77,80). The van der Waals surface area contributed by atoms with Crippen LogP contribution in [-0.2, 0) is 14.3 Å². The van der Waals surface area contributed by atoms with Gasteiger partial charge in [0.1, 0.15) is 0 Å². The van der Waals surface area contributed by atoms with Crippen LogP contribution in [0.25, 0.3) is 0 Å². The maximum Gasteiger partial charge on any atom is 0.305 e. The van der Waals surface area contributed by atoms with Gasteiger partial charge in [-0.25, -0.2) is 0 Å². The second-order valence-corrected chi connectivity index (χ2v) is 26.7. The van der Waals surface area contributed by atoms with Crippen molar-refractivity contribution in [2.45, 2.75) is 463 Å². The second-order valence-electron chi connectivity index (χ2n) is 26.7. The number of unbranched alkanes of at least 4 members (excludes halogenated alkanes) is 62. The third-order valence-electron chi connectivity index (χ3n) is 18.4. The van der Waals surface area contributed by atoms with Gasteiger partial charge < -0.3 is 20.3 Å². The highest BCUT2D eigenvalue weighted by Crippen LogP contribution is 2.20. The van der Waals surface area contributed by atoms with E-state index >= 15 is 0 Å². The zero-order chi connectivity index (χ0) is 59.2. The van der Waals surface area contributed by atoms with Crippen molar-refractivity contribution >= 4 is 11.9 Å². The first-order chi connectivity index (χ1) is 40.5. The summed E-state index contributed by atoms with van der Waals surface area (Å²) < 4.78 is 5.51. The molecule has 0 aromatic carbocycles. The van der Waals surface area contributed by atoms with Crippen LogP contribution >= 0.6 is 0 Å². The molecule has 82 heavy (non-hydrogen) atoms. The van der Waals surface area contributed by atoms with Crippen LogP contribution in [0.1, 0.15) is 450 Å². The molecule has 2 unspecified atom stereocenters. The lowest BCUT2D eigenvalue weighted by Gasteiger charge is -2.22. The van der Waals surface area contributed by atoms with Gasteiger partial charge in [0.05, 0.1) is 25.4 Å². The first-order valence-electron chi connectivity index (χ1n) is 38.3. The molecule has 0 aliphatic rings. The summed E-state index contributed by atoms with van der Waals surface area (Å²) in [5, 5.41) is 23.4. The smallest absolute Gasteiger partial charge is 0.305 e. The fourth-order valence-electron chi connectivity index (χ4n) is 12.6. The van der Waals surface area contributed by atoms with Crippen LogP contribution in [0.5, 0.6) is 0 Å². The number of carbonyl (C=O) groups is 2. The van der Waals surface area contributed by atoms with Gasteiger partial charge in [-0.15, -0.1) is 0 Å². The minimum atomic E-state index is -0.660. The van der Waals surface area contributed by atoms with E-state index in [2.05, 4.69) is 19.2 Å². The molecule has 0 bridgehead atoms. The van der Waals surface area contributed by atoms with E-state index in [0.717, 1.165) is 38.5 Å². The lowest BCUT2D eigenvalue weighted by Crippen LogP contribution is -2.45. The Hall–Kier alpha value is -1.14. The number of carbonyl (C=O) groups excluding carboxylic acids is 2. The van der Waals surface area contributed by atoms with Crippen LogP contribution in [0.2, 0.25) is 0 Å². The van der Waals surface area contributed by atoms with Crippen molar-refractivity contribution in [2.75, 3.05) is 13.2 Å². The van der Waals surface area contributed by atoms with Crippen LogP contribution in [0, 0.1) is 0 Å². The highest BCUT2D eigenvalue weighted by atomic mass is 16.5. The van der Waals surface area contributed by atoms with E-state index in [1.54, 1.807) is 0 Å². The molecule has 0 rings (SSSR count). The molecule has 0 saturated heterocycles. The first kappa shape index (κ1) is 80.9. The van der Waals surface area contributed by atoms with Gasteiger partial charge in [0, 0.05) is 12.8 Å². The number of esters is 1. The molecule has 0 saturated carbocycles. The van der Waals surface area contributed by atoms with Crippen molar-refractivity contribution in [3.8, 4) is 0 Å². The Bertz CT molecular complexity index is 1200. The van der Waals surface area contributed by atoms with E-state index in [1.807, 2.05) is 0 Å². The number of aliphatic hydroxyl groups is 2. The average Bonchev–Trinajstić information content (AvgIpc) is 3.48. The van der Waals surface area contributed by atoms with Crippen molar-refractivity contribution in [1.82, 2.24) is 5.32 Å². The number of amides is 1. The van der Waals surface area contributed by atoms with Crippen molar-refractivity contribution in [1.29, 1.82) is 0 Å². The molecule has 0 aromatic heterocycles. The maximum atomic E-state index is 12.5. The van der Waals surface area contributed by atoms with E-state index in [9.17, 15) is 19.8 Å². The molecule has 6 heteroatoms. The third kappa shape index (κ3) is 68.0. The number of rotatable bonds is 73. The number of aliphatic hydroxyl groups excluding tert-OH is 2. The fraction of sp³-hybridized carbons (Fsp3) is 0.974. The Morgan fingerprint density at radius 2 is 0.500 bits per heavy atom. The summed E-state index contributed by atoms with van der Waals surface area (Å²) in [6.07, 6.45) is 89.0. The molecule has 3 N–H and O–H groups in total. The minimum Gasteiger partial charge on any atom is -0.466 e. The molecule has 0 aliphatic heterocycles. The molecule has 0 fully saturated rings. The van der Waals surface area contributed by atoms with Gasteiger partial charge >= 0.3 is 5.97 Å². The predicted molar refractivity (Wildman–Crippen MR) is 361 cm³/mol. The molecular weight excluding hydrogens is 1010 g/mol. The Morgan fingerprint density at radius 1 is 0.293 bits per heavy atom. The van der Waals surface area contributed by atoms with Crippen LogP contribution in [0.15, 0.2) is 0 Å². The maximum absolute atomic E-state index is 12.5. The molecule has 0 spiro atoms. The molecule has 6 nitrogen and oxygen atoms in total. The predicted octanol–water partition coefficient (Wildman–Crippen LogP) is 24.9. The Labute approximate surface area is 515 Å². The zero-order valence-electron chi connectivity index (χ0n) is 56.3. The van der Waals surface area contributed by atoms with Gasteiger partial charge in [0.2, 0.25) is 5.91 Å². The normalized spacial score (nSPS) is 12.4. The van der Waals surface area contributed by atoms with Crippen LogP contribution in [0.4, 0.5) is 0 Å². The van der Waals surface area contributed by atoms with E-state index < -0.39 is 12.1 Å². The summed E-state index contributed by atoms with van der Waals surface area (Å²) in [5.74, 6) is 0.000687. The van der Waals surface area contributed by atoms with Crippen LogP contribution < -0.4 is 5.32 Å². The van der Waals surface area contributed by atoms with Crippen LogP contribution in [0.3, 0.4) is 0 Å². The molecule has 0 aromatic rings. The van der Waals surface area contributed by atoms with Crippen LogP contribution in [-0.4, -0.2) is 47.4 Å². The molecular formula is C76H151NO5. The fourth-order valence-corrected chi connectivity index (χ4v) is 12.6. The van der Waals surface area contributed by atoms with Gasteiger partial charge in [-0.1, -0.05) is 412 Å². The SMILES string of the molecule is CCCCCCCCCCCCCCCCCCCC(O)C(CO)NC(=O)CCCCCCCCCCCCCCCCCCCCCCCCCCCCCCCCCCCOC(=O)CCCCCCCCCCCCCCCCC. The summed E-state index contributed by atoms with van der Waals surface area (Å²) in [7, 11) is 0. The number of hydrogen-bond donors (Lipinski definition) is 3. The summed E-state index contributed by atoms with van der Waals surface area (Å²) in [5.41, 5.74) is 0. The highest BCUT2D eigenvalue weighted by Gasteiger charge is 2.20. The minimum absolute atomic E-state index is 0.0253. The monoisotopic (exact) mass is 1160 g/mol. The number of hydrogen-bond acceptors (Lipinski definition) is 5. The van der Waals surface area contributed by atoms with Gasteiger partial charge in [0.25, 0.3) is 0 Å². The van der Waals surface area contributed by atoms with E-state index in [4.69, 9.17) is 4.74 Å². The van der Waals surface area contributed by atoms with Gasteiger partial charge in [-0.3, -0.25) is 9.59 Å². The largest absolute Gasteiger partial charge is 0.466 e. The molecule has 490 valence electrons. The zero-order valence-corrected chi connectivity index (χ0v) is 56.3. The van der Waals surface area contributed by atoms with E-state index in [-0.39, 0.29) is 18.5 Å². The van der Waals surface area contributed by atoms with Crippen molar-refractivity contribution in [2.24, 2.45) is 0 Å². The van der Waals surface area contributed by atoms with E-state index in [0.29, 0.717) is 25.9 Å². The van der Waals surface area contributed by atoms with Gasteiger partial charge in [-0.2, -0.15) is 0 Å². The number of nitrogens with one attached hydrogen (secondary N) is 1. The lowest BCUT2D eigenvalue weighted by molar-refractivity contribution is -0.143. The Morgan fingerprint density at radius 3 is 0.744 bits per heavy atom. The quantitative estimate of drug-likeness (QED) is 0.0417. The topological polar surface area (TPSA) is 95.9 Å². The third-order valence-corrected chi connectivity index (χ3v) is 18.4. The summed E-state index contributed by atoms with van der Waals surface area (Å²) >= 11 is 0. The highest BCUT2D eigenvalue weighted by molar-refractivity contribution is 5.76. The first-order valence-corrected chi connectivity index (χ1v) is 38.3. The Balaban J connectivity index is 3.30. The average molecular weight is 1160 g/mol. The van der Waals surface area contributed by atoms with Crippen molar-refractivity contribution < 1.29 is 24.5 Å². The summed E-state index contributed by atoms with van der Waals surface area (Å²) in [4.78, 5) is 24.6. The molecule has 0 heterocycles. The van der Waals surface area contributed by atoms with Gasteiger partial charge in [0.15, 0.2) is 0 Å².